The Hall–Kier alpha value is -0.790. The van der Waals surface area contributed by atoms with Crippen molar-refractivity contribution in [3.63, 3.8) is 0 Å². The van der Waals surface area contributed by atoms with E-state index in [1.807, 2.05) is 22.5 Å². The molecule has 1 aliphatic heterocycles. The molecule has 1 fully saturated rings. The number of aromatic nitrogens is 3. The molecule has 1 saturated heterocycles. The maximum absolute atomic E-state index is 5.48. The number of fused-ring (bicyclic) bond motifs is 1. The van der Waals surface area contributed by atoms with E-state index in [4.69, 9.17) is 4.74 Å². The van der Waals surface area contributed by atoms with Gasteiger partial charge in [0.25, 0.3) is 0 Å². The summed E-state index contributed by atoms with van der Waals surface area (Å²) in [5, 5.41) is 7.77. The van der Waals surface area contributed by atoms with E-state index in [1.54, 1.807) is 12.4 Å². The molecule has 20 heavy (non-hydrogen) atoms. The molecule has 3 heterocycles. The van der Waals surface area contributed by atoms with E-state index < -0.39 is 0 Å². The predicted molar refractivity (Wildman–Crippen MR) is 85.5 cm³/mol. The zero-order valence-corrected chi connectivity index (χ0v) is 13.7. The highest BCUT2D eigenvalue weighted by Gasteiger charge is 2.31. The molecule has 0 aliphatic carbocycles. The van der Waals surface area contributed by atoms with E-state index >= 15 is 0 Å². The highest BCUT2D eigenvalue weighted by atomic mass is 79.9. The van der Waals surface area contributed by atoms with Gasteiger partial charge in [-0.3, -0.25) is 0 Å². The first-order valence-electron chi connectivity index (χ1n) is 6.59. The van der Waals surface area contributed by atoms with Crippen LogP contribution in [0.25, 0.3) is 5.52 Å². The number of anilines is 1. The van der Waals surface area contributed by atoms with Gasteiger partial charge in [-0.2, -0.15) is 16.9 Å². The summed E-state index contributed by atoms with van der Waals surface area (Å²) in [5.41, 5.74) is 0.982. The summed E-state index contributed by atoms with van der Waals surface area (Å²) in [6.07, 6.45) is 9.74. The van der Waals surface area contributed by atoms with Crippen molar-refractivity contribution in [1.82, 2.24) is 14.6 Å². The smallest absolute Gasteiger partial charge is 0.153 e. The average molecular weight is 357 g/mol. The Bertz CT molecular complexity index is 597. The fourth-order valence-corrected chi connectivity index (χ4v) is 3.73. The molecule has 0 saturated carbocycles. The number of nitrogens with one attached hydrogen (secondary N) is 1. The van der Waals surface area contributed by atoms with Gasteiger partial charge in [0.15, 0.2) is 5.82 Å². The van der Waals surface area contributed by atoms with Crippen LogP contribution in [-0.4, -0.2) is 45.4 Å². The summed E-state index contributed by atoms with van der Waals surface area (Å²) in [7, 11) is 0. The lowest BCUT2D eigenvalue weighted by Crippen LogP contribution is -2.39. The van der Waals surface area contributed by atoms with Crippen LogP contribution < -0.4 is 5.32 Å². The summed E-state index contributed by atoms with van der Waals surface area (Å²) in [6, 6.07) is 0. The van der Waals surface area contributed by atoms with E-state index in [1.165, 1.54) is 0 Å². The quantitative estimate of drug-likeness (QED) is 0.912. The molecule has 3 rings (SSSR count). The fraction of sp³-hybridized carbons (Fsp3) is 0.538. The maximum Gasteiger partial charge on any atom is 0.153 e. The lowest BCUT2D eigenvalue weighted by molar-refractivity contribution is 0.0802. The van der Waals surface area contributed by atoms with Crippen LogP contribution in [-0.2, 0) is 4.74 Å². The Kier molecular flexibility index (Phi) is 4.18. The van der Waals surface area contributed by atoms with Gasteiger partial charge in [0.2, 0.25) is 0 Å². The fourth-order valence-electron chi connectivity index (χ4n) is 2.48. The Labute approximate surface area is 130 Å². The molecule has 0 aromatic carbocycles. The van der Waals surface area contributed by atoms with E-state index in [9.17, 15) is 0 Å². The van der Waals surface area contributed by atoms with Gasteiger partial charge in [-0.15, -0.1) is 0 Å². The minimum Gasteiger partial charge on any atom is -0.381 e. The van der Waals surface area contributed by atoms with Gasteiger partial charge in [-0.25, -0.2) is 9.50 Å². The molecule has 0 spiro atoms. The van der Waals surface area contributed by atoms with Gasteiger partial charge in [-0.05, 0) is 35.0 Å². The second-order valence-electron chi connectivity index (χ2n) is 4.91. The topological polar surface area (TPSA) is 51.5 Å². The number of ether oxygens (including phenoxy) is 1. The summed E-state index contributed by atoms with van der Waals surface area (Å²) in [6.45, 7) is 2.58. The van der Waals surface area contributed by atoms with Crippen molar-refractivity contribution in [1.29, 1.82) is 0 Å². The molecule has 0 atom stereocenters. The van der Waals surface area contributed by atoms with E-state index in [-0.39, 0.29) is 4.75 Å². The third-order valence-electron chi connectivity index (χ3n) is 3.80. The Morgan fingerprint density at radius 2 is 2.30 bits per heavy atom. The number of halogens is 1. The molecule has 108 valence electrons. The number of hydrogen-bond donors (Lipinski definition) is 1. The molecule has 5 nitrogen and oxygen atoms in total. The third-order valence-corrected chi connectivity index (χ3v) is 5.80. The van der Waals surface area contributed by atoms with Gasteiger partial charge >= 0.3 is 0 Å². The van der Waals surface area contributed by atoms with Gasteiger partial charge < -0.3 is 10.1 Å². The van der Waals surface area contributed by atoms with Crippen molar-refractivity contribution >= 4 is 39.0 Å². The number of thioether (sulfide) groups is 1. The van der Waals surface area contributed by atoms with Crippen molar-refractivity contribution < 1.29 is 4.74 Å². The van der Waals surface area contributed by atoms with Crippen molar-refractivity contribution in [3.8, 4) is 0 Å². The van der Waals surface area contributed by atoms with Crippen LogP contribution in [0.5, 0.6) is 0 Å². The van der Waals surface area contributed by atoms with Crippen molar-refractivity contribution in [2.45, 2.75) is 17.6 Å². The first-order valence-corrected chi connectivity index (χ1v) is 8.60. The second kappa shape index (κ2) is 5.91. The zero-order chi connectivity index (χ0) is 14.0. The molecular formula is C13H17BrN4OS. The normalized spacial score (nSPS) is 18.3. The monoisotopic (exact) mass is 356 g/mol. The maximum atomic E-state index is 5.48. The van der Waals surface area contributed by atoms with Gasteiger partial charge in [-0.1, -0.05) is 0 Å². The second-order valence-corrected chi connectivity index (χ2v) is 7.04. The van der Waals surface area contributed by atoms with E-state index in [0.29, 0.717) is 0 Å². The minimum absolute atomic E-state index is 0.235. The summed E-state index contributed by atoms with van der Waals surface area (Å²) >= 11 is 5.45. The van der Waals surface area contributed by atoms with Crippen LogP contribution in [0.3, 0.4) is 0 Å². The minimum atomic E-state index is 0.235. The van der Waals surface area contributed by atoms with E-state index in [2.05, 4.69) is 37.6 Å². The van der Waals surface area contributed by atoms with Crippen molar-refractivity contribution in [2.24, 2.45) is 0 Å². The molecule has 7 heteroatoms. The lowest BCUT2D eigenvalue weighted by Gasteiger charge is -2.35. The Balaban J connectivity index is 1.81. The predicted octanol–water partition coefficient (Wildman–Crippen LogP) is 2.82. The Morgan fingerprint density at radius 1 is 1.50 bits per heavy atom. The molecular weight excluding hydrogens is 340 g/mol. The largest absolute Gasteiger partial charge is 0.381 e. The molecule has 0 radical (unpaired) electrons. The summed E-state index contributed by atoms with van der Waals surface area (Å²) < 4.78 is 8.50. The molecule has 0 bridgehead atoms. The molecule has 2 aromatic heterocycles. The third kappa shape index (κ3) is 2.66. The van der Waals surface area contributed by atoms with Crippen LogP contribution in [0.2, 0.25) is 0 Å². The standard InChI is InChI=1S/C13H17BrN4OS/c1-20-13(2-6-19-7-3-13)9-16-12-11-10(14)8-17-18(11)5-4-15-12/h4-5,8H,2-3,6-7,9H2,1H3,(H,15,16). The summed E-state index contributed by atoms with van der Waals surface area (Å²) in [4.78, 5) is 4.45. The highest BCUT2D eigenvalue weighted by Crippen LogP contribution is 2.34. The molecule has 0 amide bonds. The number of hydrogen-bond acceptors (Lipinski definition) is 5. The first kappa shape index (κ1) is 14.2. The SMILES string of the molecule is CSC1(CNc2nccn3ncc(Br)c23)CCOCC1. The van der Waals surface area contributed by atoms with Crippen molar-refractivity contribution in [3.05, 3.63) is 23.1 Å². The van der Waals surface area contributed by atoms with E-state index in [0.717, 1.165) is 48.4 Å². The Morgan fingerprint density at radius 3 is 3.05 bits per heavy atom. The average Bonchev–Trinajstić information content (AvgIpc) is 2.88. The highest BCUT2D eigenvalue weighted by molar-refractivity contribution is 9.10. The molecule has 1 N–H and O–H groups in total. The van der Waals surface area contributed by atoms with Gasteiger partial charge in [0, 0.05) is 36.9 Å². The molecule has 0 unspecified atom stereocenters. The molecule has 1 aliphatic rings. The first-order chi connectivity index (χ1) is 9.74. The van der Waals surface area contributed by atoms with Gasteiger partial charge in [0.1, 0.15) is 5.52 Å². The van der Waals surface area contributed by atoms with Crippen LogP contribution in [0, 0.1) is 0 Å². The number of rotatable bonds is 4. The zero-order valence-electron chi connectivity index (χ0n) is 11.3. The van der Waals surface area contributed by atoms with Crippen LogP contribution in [0.1, 0.15) is 12.8 Å². The van der Waals surface area contributed by atoms with Crippen molar-refractivity contribution in [2.75, 3.05) is 31.3 Å². The van der Waals surface area contributed by atoms with Crippen LogP contribution in [0.4, 0.5) is 5.82 Å². The van der Waals surface area contributed by atoms with Gasteiger partial charge in [0.05, 0.1) is 10.7 Å². The van der Waals surface area contributed by atoms with Crippen LogP contribution in [0.15, 0.2) is 23.1 Å². The number of nitrogens with zero attached hydrogens (tertiary/aromatic N) is 3. The lowest BCUT2D eigenvalue weighted by atomic mass is 9.99. The van der Waals surface area contributed by atoms with Crippen LogP contribution >= 0.6 is 27.7 Å². The summed E-state index contributed by atoms with van der Waals surface area (Å²) in [5.74, 6) is 0.872. The molecule has 2 aromatic rings.